The Morgan fingerprint density at radius 1 is 1.33 bits per heavy atom. The van der Waals surface area contributed by atoms with Crippen LogP contribution in [-0.4, -0.2) is 26.6 Å². The fraction of sp³-hybridized carbons (Fsp3) is 0.357. The van der Waals surface area contributed by atoms with Crippen molar-refractivity contribution in [3.63, 3.8) is 0 Å². The van der Waals surface area contributed by atoms with E-state index in [0.717, 1.165) is 11.5 Å². The molecule has 5 nitrogen and oxygen atoms in total. The number of imidazole rings is 1. The Balaban J connectivity index is 2.26. The monoisotopic (exact) mass is 322 g/mol. The lowest BCUT2D eigenvalue weighted by Crippen LogP contribution is -2.10. The van der Waals surface area contributed by atoms with Gasteiger partial charge in [-0.1, -0.05) is 6.07 Å². The number of rotatable bonds is 4. The maximum atomic E-state index is 6.31. The minimum absolute atomic E-state index is 0.103. The Morgan fingerprint density at radius 2 is 2.14 bits per heavy atom. The summed E-state index contributed by atoms with van der Waals surface area (Å²) in [5.41, 5.74) is 1.39. The van der Waals surface area contributed by atoms with E-state index < -0.39 is 0 Å². The molecule has 3 aromatic rings. The van der Waals surface area contributed by atoms with Crippen LogP contribution < -0.4 is 4.74 Å². The number of fused-ring (bicyclic) bond motifs is 1. The third-order valence-electron chi connectivity index (χ3n) is 3.36. The first kappa shape index (κ1) is 14.3. The molecule has 110 valence electrons. The lowest BCUT2D eigenvalue weighted by molar-refractivity contribution is 0.401. The molecule has 2 unspecified atom stereocenters. The van der Waals surface area contributed by atoms with Gasteiger partial charge in [-0.05, 0) is 25.3 Å². The van der Waals surface area contributed by atoms with Crippen molar-refractivity contribution in [1.82, 2.24) is 19.5 Å². The van der Waals surface area contributed by atoms with Gasteiger partial charge in [-0.2, -0.15) is 4.98 Å². The number of ether oxygens (including phenoxy) is 1. The molecule has 7 heteroatoms. The van der Waals surface area contributed by atoms with Crippen LogP contribution in [0.25, 0.3) is 11.2 Å². The number of aromatic nitrogens is 4. The van der Waals surface area contributed by atoms with Gasteiger partial charge in [-0.25, -0.2) is 9.97 Å². The van der Waals surface area contributed by atoms with E-state index in [1.165, 1.54) is 11.2 Å². The van der Waals surface area contributed by atoms with Crippen molar-refractivity contribution >= 4 is 34.1 Å². The Kier molecular flexibility index (Phi) is 3.82. The third kappa shape index (κ3) is 2.38. The van der Waals surface area contributed by atoms with Gasteiger partial charge in [0.2, 0.25) is 5.88 Å². The van der Waals surface area contributed by atoms with Crippen molar-refractivity contribution in [2.75, 3.05) is 7.11 Å². The summed E-state index contributed by atoms with van der Waals surface area (Å²) in [5.74, 6) is 1.24. The topological polar surface area (TPSA) is 52.8 Å². The van der Waals surface area contributed by atoms with E-state index in [9.17, 15) is 0 Å². The van der Waals surface area contributed by atoms with Gasteiger partial charge in [0.25, 0.3) is 0 Å². The molecule has 0 saturated heterocycles. The van der Waals surface area contributed by atoms with Crippen molar-refractivity contribution < 1.29 is 4.74 Å². The smallest absolute Gasteiger partial charge is 0.245 e. The molecule has 3 aromatic heterocycles. The van der Waals surface area contributed by atoms with E-state index in [1.807, 2.05) is 13.0 Å². The first-order valence-electron chi connectivity index (χ1n) is 6.57. The van der Waals surface area contributed by atoms with E-state index in [0.29, 0.717) is 11.4 Å². The molecule has 21 heavy (non-hydrogen) atoms. The molecule has 0 aromatic carbocycles. The number of alkyl halides is 1. The van der Waals surface area contributed by atoms with E-state index in [2.05, 4.69) is 37.9 Å². The Morgan fingerprint density at radius 3 is 2.76 bits per heavy atom. The molecule has 0 fully saturated rings. The minimum atomic E-state index is -0.230. The molecule has 0 radical (unpaired) electrons. The Labute approximate surface area is 131 Å². The summed E-state index contributed by atoms with van der Waals surface area (Å²) >= 11 is 8.01. The summed E-state index contributed by atoms with van der Waals surface area (Å²) in [6, 6.07) is 4.24. The van der Waals surface area contributed by atoms with E-state index in [1.54, 1.807) is 18.4 Å². The second-order valence-corrected chi connectivity index (χ2v) is 6.34. The van der Waals surface area contributed by atoms with Crippen LogP contribution in [0.4, 0.5) is 0 Å². The minimum Gasteiger partial charge on any atom is -0.479 e. The Hall–Kier alpha value is -1.66. The van der Waals surface area contributed by atoms with Crippen molar-refractivity contribution in [3.8, 4) is 5.88 Å². The quantitative estimate of drug-likeness (QED) is 0.685. The Bertz CT molecular complexity index is 754. The molecule has 3 heterocycles. The average Bonchev–Trinajstić information content (AvgIpc) is 3.13. The molecule has 0 aliphatic carbocycles. The number of methoxy groups -OCH3 is 1. The summed E-state index contributed by atoms with van der Waals surface area (Å²) in [5, 5.41) is 1.83. The van der Waals surface area contributed by atoms with Crippen molar-refractivity contribution in [2.24, 2.45) is 0 Å². The van der Waals surface area contributed by atoms with Gasteiger partial charge in [-0.15, -0.1) is 22.9 Å². The number of hydrogen-bond acceptors (Lipinski definition) is 5. The van der Waals surface area contributed by atoms with Crippen LogP contribution in [0.1, 0.15) is 36.0 Å². The van der Waals surface area contributed by atoms with Crippen LogP contribution in [0, 0.1) is 0 Å². The first-order valence-corrected chi connectivity index (χ1v) is 7.89. The number of thiophene rings is 1. The van der Waals surface area contributed by atoms with Crippen molar-refractivity contribution in [1.29, 1.82) is 0 Å². The summed E-state index contributed by atoms with van der Waals surface area (Å²) < 4.78 is 7.34. The molecule has 0 spiro atoms. The zero-order valence-electron chi connectivity index (χ0n) is 11.9. The molecular weight excluding hydrogens is 308 g/mol. The highest BCUT2D eigenvalue weighted by molar-refractivity contribution is 7.10. The predicted octanol–water partition coefficient (Wildman–Crippen LogP) is 3.81. The molecule has 0 saturated carbocycles. The second-order valence-electron chi connectivity index (χ2n) is 4.70. The van der Waals surface area contributed by atoms with Gasteiger partial charge in [-0.3, -0.25) is 0 Å². The third-order valence-corrected chi connectivity index (χ3v) is 4.60. The van der Waals surface area contributed by atoms with Crippen LogP contribution in [-0.2, 0) is 0 Å². The normalized spacial score (nSPS) is 14.3. The summed E-state index contributed by atoms with van der Waals surface area (Å²) in [4.78, 5) is 14.3. The van der Waals surface area contributed by atoms with Gasteiger partial charge in [0.15, 0.2) is 11.2 Å². The van der Waals surface area contributed by atoms with Gasteiger partial charge in [0.1, 0.15) is 12.2 Å². The van der Waals surface area contributed by atoms with Gasteiger partial charge in [0, 0.05) is 4.88 Å². The molecule has 0 aliphatic heterocycles. The molecule has 0 N–H and O–H groups in total. The molecule has 0 bridgehead atoms. The molecule has 3 rings (SSSR count). The maximum absolute atomic E-state index is 6.31. The van der Waals surface area contributed by atoms with Crippen LogP contribution in [0.5, 0.6) is 5.88 Å². The summed E-state index contributed by atoms with van der Waals surface area (Å²) in [7, 11) is 1.58. The van der Waals surface area contributed by atoms with Crippen LogP contribution in [0.3, 0.4) is 0 Å². The highest BCUT2D eigenvalue weighted by atomic mass is 35.5. The van der Waals surface area contributed by atoms with E-state index >= 15 is 0 Å². The molecular formula is C14H15ClN4OS. The number of nitrogens with zero attached hydrogens (tertiary/aromatic N) is 4. The number of halogens is 1. The van der Waals surface area contributed by atoms with E-state index in [4.69, 9.17) is 16.3 Å². The highest BCUT2D eigenvalue weighted by Crippen LogP contribution is 2.33. The summed E-state index contributed by atoms with van der Waals surface area (Å²) in [6.07, 6.45) is 1.49. The van der Waals surface area contributed by atoms with Crippen LogP contribution >= 0.6 is 22.9 Å². The van der Waals surface area contributed by atoms with Crippen molar-refractivity contribution in [3.05, 3.63) is 34.5 Å². The van der Waals surface area contributed by atoms with Crippen LogP contribution in [0.2, 0.25) is 0 Å². The zero-order chi connectivity index (χ0) is 15.0. The lowest BCUT2D eigenvalue weighted by Gasteiger charge is -2.16. The highest BCUT2D eigenvalue weighted by Gasteiger charge is 2.23. The first-order chi connectivity index (χ1) is 10.1. The van der Waals surface area contributed by atoms with Gasteiger partial charge >= 0.3 is 0 Å². The SMILES string of the molecule is COc1ncnc2c1nc(C(C)Cl)n2C(C)c1cccs1. The van der Waals surface area contributed by atoms with Gasteiger partial charge < -0.3 is 9.30 Å². The molecule has 0 amide bonds. The van der Waals surface area contributed by atoms with Gasteiger partial charge in [0.05, 0.1) is 18.5 Å². The standard InChI is InChI=1S/C14H15ClN4OS/c1-8(15)12-18-11-13(16-7-17-14(11)20-3)19(12)9(2)10-5-4-6-21-10/h4-9H,1-3H3. The van der Waals surface area contributed by atoms with E-state index in [-0.39, 0.29) is 11.4 Å². The fourth-order valence-electron chi connectivity index (χ4n) is 2.37. The zero-order valence-corrected chi connectivity index (χ0v) is 13.5. The molecule has 2 atom stereocenters. The largest absolute Gasteiger partial charge is 0.479 e. The predicted molar refractivity (Wildman–Crippen MR) is 84.3 cm³/mol. The summed E-state index contributed by atoms with van der Waals surface area (Å²) in [6.45, 7) is 4.02. The van der Waals surface area contributed by atoms with Crippen LogP contribution in [0.15, 0.2) is 23.8 Å². The number of hydrogen-bond donors (Lipinski definition) is 0. The average molecular weight is 323 g/mol. The molecule has 0 aliphatic rings. The second kappa shape index (κ2) is 5.61. The fourth-order valence-corrected chi connectivity index (χ4v) is 3.30. The lowest BCUT2D eigenvalue weighted by atomic mass is 10.2. The maximum Gasteiger partial charge on any atom is 0.245 e. The van der Waals surface area contributed by atoms with Crippen molar-refractivity contribution in [2.45, 2.75) is 25.3 Å².